The van der Waals surface area contributed by atoms with E-state index in [0.29, 0.717) is 30.1 Å². The second-order valence-electron chi connectivity index (χ2n) is 7.17. The van der Waals surface area contributed by atoms with Crippen LogP contribution < -0.4 is 16.0 Å². The molecule has 3 N–H and O–H groups in total. The van der Waals surface area contributed by atoms with Gasteiger partial charge in [0.25, 0.3) is 5.91 Å². The van der Waals surface area contributed by atoms with Crippen molar-refractivity contribution < 1.29 is 14.0 Å². The van der Waals surface area contributed by atoms with Gasteiger partial charge in [-0.05, 0) is 80.2 Å². The molecule has 0 aliphatic carbocycles. The molecule has 0 saturated carbocycles. The number of hydrogen-bond acceptors (Lipinski definition) is 3. The lowest BCUT2D eigenvalue weighted by atomic mass is 9.93. The summed E-state index contributed by atoms with van der Waals surface area (Å²) in [4.78, 5) is 24.3. The minimum atomic E-state index is -0.347. The summed E-state index contributed by atoms with van der Waals surface area (Å²) in [6.45, 7) is 2.55. The van der Waals surface area contributed by atoms with Gasteiger partial charge in [0.1, 0.15) is 5.82 Å². The van der Waals surface area contributed by atoms with Crippen LogP contribution in [0.5, 0.6) is 0 Å². The maximum Gasteiger partial charge on any atom is 0.255 e. The van der Waals surface area contributed by atoms with Gasteiger partial charge in [-0.2, -0.15) is 0 Å². The van der Waals surface area contributed by atoms with Gasteiger partial charge in [-0.15, -0.1) is 0 Å². The molecule has 5 nitrogen and oxygen atoms in total. The van der Waals surface area contributed by atoms with E-state index in [0.717, 1.165) is 37.9 Å². The van der Waals surface area contributed by atoms with E-state index in [2.05, 4.69) is 16.0 Å². The summed E-state index contributed by atoms with van der Waals surface area (Å²) in [7, 11) is 0. The molecule has 2 aromatic carbocycles. The molecule has 0 spiro atoms. The SMILES string of the molecule is O=C(CCC1CCNCC1)NCc1ccc(C(=O)Nc2ccc(F)cc2)cc1. The molecule has 0 radical (unpaired) electrons. The van der Waals surface area contributed by atoms with Crippen molar-refractivity contribution in [1.82, 2.24) is 10.6 Å². The van der Waals surface area contributed by atoms with E-state index in [1.54, 1.807) is 12.1 Å². The highest BCUT2D eigenvalue weighted by molar-refractivity contribution is 6.04. The van der Waals surface area contributed by atoms with Crippen molar-refractivity contribution >= 4 is 17.5 Å². The molecule has 148 valence electrons. The Kier molecular flexibility index (Phi) is 7.14. The maximum absolute atomic E-state index is 12.9. The van der Waals surface area contributed by atoms with Crippen molar-refractivity contribution in [3.63, 3.8) is 0 Å². The summed E-state index contributed by atoms with van der Waals surface area (Å²) in [5.74, 6) is 0.104. The zero-order chi connectivity index (χ0) is 19.8. The molecule has 1 fully saturated rings. The normalized spacial score (nSPS) is 14.5. The van der Waals surface area contributed by atoms with Crippen LogP contribution in [0.25, 0.3) is 0 Å². The lowest BCUT2D eigenvalue weighted by Gasteiger charge is -2.22. The fourth-order valence-electron chi connectivity index (χ4n) is 3.31. The first-order chi connectivity index (χ1) is 13.6. The van der Waals surface area contributed by atoms with E-state index in [-0.39, 0.29) is 17.6 Å². The molecular weight excluding hydrogens is 357 g/mol. The molecular formula is C22H26FN3O2. The number of nitrogens with one attached hydrogen (secondary N) is 3. The van der Waals surface area contributed by atoms with E-state index in [9.17, 15) is 14.0 Å². The number of carbonyl (C=O) groups excluding carboxylic acids is 2. The first-order valence-corrected chi connectivity index (χ1v) is 9.73. The zero-order valence-corrected chi connectivity index (χ0v) is 15.8. The number of piperidine rings is 1. The van der Waals surface area contributed by atoms with Crippen LogP contribution in [0, 0.1) is 11.7 Å². The van der Waals surface area contributed by atoms with Crippen LogP contribution in [-0.2, 0) is 11.3 Å². The molecule has 0 bridgehead atoms. The minimum absolute atomic E-state index is 0.0664. The van der Waals surface area contributed by atoms with Crippen LogP contribution in [0.4, 0.5) is 10.1 Å². The molecule has 1 saturated heterocycles. The van der Waals surface area contributed by atoms with Gasteiger partial charge in [0.05, 0.1) is 0 Å². The van der Waals surface area contributed by atoms with E-state index in [1.807, 2.05) is 12.1 Å². The van der Waals surface area contributed by atoms with Gasteiger partial charge >= 0.3 is 0 Å². The second kappa shape index (κ2) is 9.99. The second-order valence-corrected chi connectivity index (χ2v) is 7.17. The van der Waals surface area contributed by atoms with Crippen LogP contribution in [0.2, 0.25) is 0 Å². The highest BCUT2D eigenvalue weighted by atomic mass is 19.1. The Morgan fingerprint density at radius 3 is 2.36 bits per heavy atom. The maximum atomic E-state index is 12.9. The summed E-state index contributed by atoms with van der Waals surface area (Å²) in [5.41, 5.74) is 1.98. The number of benzene rings is 2. The highest BCUT2D eigenvalue weighted by Crippen LogP contribution is 2.17. The summed E-state index contributed by atoms with van der Waals surface area (Å²) in [6, 6.07) is 12.7. The van der Waals surface area contributed by atoms with Crippen LogP contribution in [0.1, 0.15) is 41.6 Å². The molecule has 2 aromatic rings. The highest BCUT2D eigenvalue weighted by Gasteiger charge is 2.14. The Bertz CT molecular complexity index is 784. The van der Waals surface area contributed by atoms with Crippen molar-refractivity contribution in [3.8, 4) is 0 Å². The predicted molar refractivity (Wildman–Crippen MR) is 107 cm³/mol. The number of hydrogen-bond donors (Lipinski definition) is 3. The third kappa shape index (κ3) is 6.16. The van der Waals surface area contributed by atoms with Crippen LogP contribution in [0.15, 0.2) is 48.5 Å². The van der Waals surface area contributed by atoms with Gasteiger partial charge in [0.2, 0.25) is 5.91 Å². The van der Waals surface area contributed by atoms with Crippen LogP contribution >= 0.6 is 0 Å². The molecule has 2 amide bonds. The molecule has 3 rings (SSSR count). The number of anilines is 1. The van der Waals surface area contributed by atoms with E-state index in [1.165, 1.54) is 24.3 Å². The summed E-state index contributed by atoms with van der Waals surface area (Å²) in [6.07, 6.45) is 3.79. The number of halogens is 1. The van der Waals surface area contributed by atoms with Crippen molar-refractivity contribution in [2.24, 2.45) is 5.92 Å². The van der Waals surface area contributed by atoms with Crippen LogP contribution in [0.3, 0.4) is 0 Å². The Hall–Kier alpha value is -2.73. The number of amides is 2. The summed E-state index contributed by atoms with van der Waals surface area (Å²) < 4.78 is 12.9. The molecule has 6 heteroatoms. The Morgan fingerprint density at radius 1 is 1.00 bits per heavy atom. The Balaban J connectivity index is 1.42. The number of rotatable bonds is 7. The topological polar surface area (TPSA) is 70.2 Å². The average Bonchev–Trinajstić information content (AvgIpc) is 2.73. The lowest BCUT2D eigenvalue weighted by molar-refractivity contribution is -0.121. The first kappa shape index (κ1) is 20.0. The Morgan fingerprint density at radius 2 is 1.68 bits per heavy atom. The molecule has 1 heterocycles. The van der Waals surface area contributed by atoms with Gasteiger partial charge in [0, 0.05) is 24.2 Å². The van der Waals surface area contributed by atoms with Gasteiger partial charge in [0.15, 0.2) is 0 Å². The zero-order valence-electron chi connectivity index (χ0n) is 15.8. The quantitative estimate of drug-likeness (QED) is 0.686. The van der Waals surface area contributed by atoms with Crippen molar-refractivity contribution in [2.75, 3.05) is 18.4 Å². The largest absolute Gasteiger partial charge is 0.352 e. The van der Waals surface area contributed by atoms with E-state index < -0.39 is 0 Å². The molecule has 28 heavy (non-hydrogen) atoms. The first-order valence-electron chi connectivity index (χ1n) is 9.73. The molecule has 1 aliphatic heterocycles. The molecule has 1 aliphatic rings. The van der Waals surface area contributed by atoms with E-state index >= 15 is 0 Å². The smallest absolute Gasteiger partial charge is 0.255 e. The predicted octanol–water partition coefficient (Wildman–Crippen LogP) is 3.47. The van der Waals surface area contributed by atoms with E-state index in [4.69, 9.17) is 0 Å². The molecule has 0 unspecified atom stereocenters. The van der Waals surface area contributed by atoms with Gasteiger partial charge in [-0.1, -0.05) is 12.1 Å². The standard InChI is InChI=1S/C22H26FN3O2/c23-19-6-8-20(9-7-19)26-22(28)18-4-1-17(2-5-18)15-25-21(27)10-3-16-11-13-24-14-12-16/h1-2,4-9,16,24H,3,10-15H2,(H,25,27)(H,26,28). The average molecular weight is 383 g/mol. The molecule has 0 atom stereocenters. The van der Waals surface area contributed by atoms with Crippen LogP contribution in [-0.4, -0.2) is 24.9 Å². The van der Waals surface area contributed by atoms with Crippen molar-refractivity contribution in [1.29, 1.82) is 0 Å². The summed E-state index contributed by atoms with van der Waals surface area (Å²) >= 11 is 0. The summed E-state index contributed by atoms with van der Waals surface area (Å²) in [5, 5.41) is 9.00. The molecule has 0 aromatic heterocycles. The monoisotopic (exact) mass is 383 g/mol. The minimum Gasteiger partial charge on any atom is -0.352 e. The van der Waals surface area contributed by atoms with Crippen molar-refractivity contribution in [2.45, 2.75) is 32.2 Å². The van der Waals surface area contributed by atoms with Crippen molar-refractivity contribution in [3.05, 3.63) is 65.5 Å². The van der Waals surface area contributed by atoms with Gasteiger partial charge in [-0.25, -0.2) is 4.39 Å². The fraction of sp³-hybridized carbons (Fsp3) is 0.364. The number of carbonyl (C=O) groups is 2. The van der Waals surface area contributed by atoms with Gasteiger partial charge < -0.3 is 16.0 Å². The third-order valence-corrected chi connectivity index (χ3v) is 5.05. The lowest BCUT2D eigenvalue weighted by Crippen LogP contribution is -2.29. The fourth-order valence-corrected chi connectivity index (χ4v) is 3.31. The third-order valence-electron chi connectivity index (χ3n) is 5.05. The van der Waals surface area contributed by atoms with Gasteiger partial charge in [-0.3, -0.25) is 9.59 Å². The Labute approximate surface area is 164 Å².